The lowest BCUT2D eigenvalue weighted by molar-refractivity contribution is 0.0647. The molecule has 3 heterocycles. The number of aromatic nitrogens is 4. The monoisotopic (exact) mass is 301 g/mol. The first-order valence-electron chi connectivity index (χ1n) is 7.35. The van der Waals surface area contributed by atoms with Gasteiger partial charge >= 0.3 is 0 Å². The van der Waals surface area contributed by atoms with Gasteiger partial charge in [0.05, 0.1) is 36.5 Å². The summed E-state index contributed by atoms with van der Waals surface area (Å²) >= 11 is 0. The van der Waals surface area contributed by atoms with Gasteiger partial charge in [-0.15, -0.1) is 0 Å². The van der Waals surface area contributed by atoms with Crippen molar-refractivity contribution in [2.45, 2.75) is 19.4 Å². The van der Waals surface area contributed by atoms with Crippen LogP contribution in [0.1, 0.15) is 34.5 Å². The van der Waals surface area contributed by atoms with Crippen molar-refractivity contribution in [2.75, 3.05) is 19.8 Å². The minimum absolute atomic E-state index is 0.0362. The van der Waals surface area contributed by atoms with Gasteiger partial charge in [-0.3, -0.25) is 9.48 Å². The molecule has 0 radical (unpaired) electrons. The summed E-state index contributed by atoms with van der Waals surface area (Å²) in [7, 11) is 1.93. The summed E-state index contributed by atoms with van der Waals surface area (Å²) in [5, 5.41) is 11.8. The summed E-state index contributed by atoms with van der Waals surface area (Å²) in [4.78, 5) is 14.4. The van der Waals surface area contributed by atoms with Crippen LogP contribution >= 0.6 is 0 Å². The quantitative estimate of drug-likeness (QED) is 0.842. The van der Waals surface area contributed by atoms with Crippen LogP contribution in [0, 0.1) is 0 Å². The molecule has 0 N–H and O–H groups in total. The van der Waals surface area contributed by atoms with Crippen LogP contribution in [0.5, 0.6) is 0 Å². The number of fused-ring (bicyclic) bond motifs is 1. The maximum atomic E-state index is 12.6. The van der Waals surface area contributed by atoms with Gasteiger partial charge in [0.25, 0.3) is 5.91 Å². The van der Waals surface area contributed by atoms with Gasteiger partial charge in [-0.25, -0.2) is 0 Å². The number of carbonyl (C=O) groups is 1. The molecule has 0 saturated heterocycles. The predicted molar refractivity (Wildman–Crippen MR) is 79.2 cm³/mol. The van der Waals surface area contributed by atoms with Crippen molar-refractivity contribution in [1.82, 2.24) is 24.9 Å². The lowest BCUT2D eigenvalue weighted by atomic mass is 9.96. The van der Waals surface area contributed by atoms with Crippen molar-refractivity contribution in [3.8, 4) is 0 Å². The predicted octanol–water partition coefficient (Wildman–Crippen LogP) is 0.986. The molecule has 7 heteroatoms. The number of hydrogen-bond donors (Lipinski definition) is 0. The fraction of sp³-hybridized carbons (Fsp3) is 0.467. The van der Waals surface area contributed by atoms with E-state index in [4.69, 9.17) is 4.74 Å². The van der Waals surface area contributed by atoms with E-state index in [-0.39, 0.29) is 11.8 Å². The van der Waals surface area contributed by atoms with Gasteiger partial charge in [0.15, 0.2) is 0 Å². The molecule has 1 aliphatic heterocycles. The average molecular weight is 301 g/mol. The second-order valence-electron chi connectivity index (χ2n) is 5.35. The fourth-order valence-electron chi connectivity index (χ4n) is 2.91. The van der Waals surface area contributed by atoms with Crippen LogP contribution in [0.15, 0.2) is 24.7 Å². The largest absolute Gasteiger partial charge is 0.381 e. The highest BCUT2D eigenvalue weighted by Gasteiger charge is 2.31. The zero-order chi connectivity index (χ0) is 15.5. The number of hydrogen-bond acceptors (Lipinski definition) is 5. The molecule has 7 nitrogen and oxygen atoms in total. The van der Waals surface area contributed by atoms with Crippen LogP contribution in [0.3, 0.4) is 0 Å². The molecule has 0 bridgehead atoms. The first kappa shape index (κ1) is 14.6. The molecule has 0 unspecified atom stereocenters. The van der Waals surface area contributed by atoms with E-state index < -0.39 is 0 Å². The lowest BCUT2D eigenvalue weighted by Gasteiger charge is -2.33. The molecule has 2 aromatic rings. The van der Waals surface area contributed by atoms with E-state index in [0.717, 1.165) is 11.3 Å². The normalized spacial score (nSPS) is 17.4. The van der Waals surface area contributed by atoms with E-state index in [0.29, 0.717) is 31.9 Å². The fourth-order valence-corrected chi connectivity index (χ4v) is 2.91. The second-order valence-corrected chi connectivity index (χ2v) is 5.35. The Morgan fingerprint density at radius 3 is 3.00 bits per heavy atom. The van der Waals surface area contributed by atoms with Gasteiger partial charge in [-0.2, -0.15) is 15.3 Å². The number of carbonyl (C=O) groups excluding carboxylic acids is 1. The number of amides is 1. The first-order valence-corrected chi connectivity index (χ1v) is 7.35. The molecule has 2 aromatic heterocycles. The standard InChI is InChI=1S/C15H19N5O2/c1-3-22-10-13-9-20(8-12-7-18-19(2)14(12)13)15(21)11-4-5-16-17-6-11/h4-7,13H,3,8-10H2,1-2H3/t13-/m0/s1. The SMILES string of the molecule is CCOC[C@@H]1CN(C(=O)c2ccnnc2)Cc2cnn(C)c21. The first-order chi connectivity index (χ1) is 10.7. The topological polar surface area (TPSA) is 73.1 Å². The molecular formula is C15H19N5O2. The molecule has 0 aromatic carbocycles. The van der Waals surface area contributed by atoms with Crippen LogP contribution in [-0.4, -0.2) is 50.5 Å². The van der Waals surface area contributed by atoms with Crippen LogP contribution in [0.2, 0.25) is 0 Å². The summed E-state index contributed by atoms with van der Waals surface area (Å²) in [6, 6.07) is 1.69. The van der Waals surface area contributed by atoms with Gasteiger partial charge in [0.2, 0.25) is 0 Å². The van der Waals surface area contributed by atoms with Crippen molar-refractivity contribution < 1.29 is 9.53 Å². The molecule has 0 spiro atoms. The third-order valence-electron chi connectivity index (χ3n) is 3.89. The highest BCUT2D eigenvalue weighted by molar-refractivity contribution is 5.94. The van der Waals surface area contributed by atoms with E-state index in [2.05, 4.69) is 15.3 Å². The molecule has 0 fully saturated rings. The van der Waals surface area contributed by atoms with Crippen LogP contribution < -0.4 is 0 Å². The lowest BCUT2D eigenvalue weighted by Crippen LogP contribution is -2.40. The molecular weight excluding hydrogens is 282 g/mol. The van der Waals surface area contributed by atoms with Gasteiger partial charge in [0, 0.05) is 38.2 Å². The Morgan fingerprint density at radius 1 is 1.41 bits per heavy atom. The Balaban J connectivity index is 1.85. The molecule has 1 amide bonds. The Hall–Kier alpha value is -2.28. The van der Waals surface area contributed by atoms with E-state index in [1.165, 1.54) is 12.4 Å². The van der Waals surface area contributed by atoms with E-state index in [1.807, 2.05) is 29.7 Å². The third-order valence-corrected chi connectivity index (χ3v) is 3.89. The molecule has 3 rings (SSSR count). The van der Waals surface area contributed by atoms with Crippen LogP contribution in [-0.2, 0) is 18.3 Å². The minimum atomic E-state index is -0.0362. The summed E-state index contributed by atoms with van der Waals surface area (Å²) in [5.41, 5.74) is 2.79. The van der Waals surface area contributed by atoms with Crippen molar-refractivity contribution in [3.63, 3.8) is 0 Å². The third kappa shape index (κ3) is 2.71. The molecule has 1 atom stereocenters. The molecule has 1 aliphatic rings. The maximum Gasteiger partial charge on any atom is 0.255 e. The van der Waals surface area contributed by atoms with Gasteiger partial charge in [0.1, 0.15) is 0 Å². The number of ether oxygens (including phenoxy) is 1. The second kappa shape index (κ2) is 6.23. The van der Waals surface area contributed by atoms with Gasteiger partial charge < -0.3 is 9.64 Å². The summed E-state index contributed by atoms with van der Waals surface area (Å²) in [5.74, 6) is 0.0980. The average Bonchev–Trinajstić information content (AvgIpc) is 2.94. The summed E-state index contributed by atoms with van der Waals surface area (Å²) in [6.45, 7) is 4.40. The summed E-state index contributed by atoms with van der Waals surface area (Å²) < 4.78 is 7.47. The van der Waals surface area contributed by atoms with Gasteiger partial charge in [-0.05, 0) is 13.0 Å². The molecule has 22 heavy (non-hydrogen) atoms. The summed E-state index contributed by atoms with van der Waals surface area (Å²) in [6.07, 6.45) is 4.86. The molecule has 0 aliphatic carbocycles. The van der Waals surface area contributed by atoms with Crippen LogP contribution in [0.25, 0.3) is 0 Å². The molecule has 0 saturated carbocycles. The Bertz CT molecular complexity index is 655. The minimum Gasteiger partial charge on any atom is -0.381 e. The van der Waals surface area contributed by atoms with Gasteiger partial charge in [-0.1, -0.05) is 0 Å². The van der Waals surface area contributed by atoms with Crippen molar-refractivity contribution in [2.24, 2.45) is 7.05 Å². The van der Waals surface area contributed by atoms with E-state index in [9.17, 15) is 4.79 Å². The number of rotatable bonds is 4. The van der Waals surface area contributed by atoms with Crippen molar-refractivity contribution in [1.29, 1.82) is 0 Å². The van der Waals surface area contributed by atoms with Crippen molar-refractivity contribution >= 4 is 5.91 Å². The maximum absolute atomic E-state index is 12.6. The zero-order valence-electron chi connectivity index (χ0n) is 12.8. The molecule has 116 valence electrons. The smallest absolute Gasteiger partial charge is 0.255 e. The number of nitrogens with zero attached hydrogens (tertiary/aromatic N) is 5. The van der Waals surface area contributed by atoms with E-state index in [1.54, 1.807) is 6.07 Å². The van der Waals surface area contributed by atoms with Crippen molar-refractivity contribution in [3.05, 3.63) is 41.5 Å². The zero-order valence-corrected chi connectivity index (χ0v) is 12.8. The highest BCUT2D eigenvalue weighted by atomic mass is 16.5. The number of aryl methyl sites for hydroxylation is 1. The Morgan fingerprint density at radius 2 is 2.27 bits per heavy atom. The Kier molecular flexibility index (Phi) is 4.15. The Labute approximate surface area is 128 Å². The van der Waals surface area contributed by atoms with E-state index >= 15 is 0 Å². The highest BCUT2D eigenvalue weighted by Crippen LogP contribution is 2.29. The van der Waals surface area contributed by atoms with Crippen LogP contribution in [0.4, 0.5) is 0 Å².